The molecule has 0 spiro atoms. The summed E-state index contributed by atoms with van der Waals surface area (Å²) < 4.78 is 0. The third-order valence-corrected chi connectivity index (χ3v) is 5.01. The van der Waals surface area contributed by atoms with Gasteiger partial charge in [0.25, 0.3) is 0 Å². The predicted molar refractivity (Wildman–Crippen MR) is 84.9 cm³/mol. The van der Waals surface area contributed by atoms with Crippen molar-refractivity contribution < 1.29 is 4.79 Å². The van der Waals surface area contributed by atoms with Gasteiger partial charge in [-0.25, -0.2) is 0 Å². The Morgan fingerprint density at radius 3 is 2.95 bits per heavy atom. The van der Waals surface area contributed by atoms with Crippen molar-refractivity contribution in [3.8, 4) is 0 Å². The SMILES string of the molecule is CC1CN2C(=O)CNc3cc(Cl)cc(c32)CN1CC1CC1. The molecule has 0 saturated heterocycles. The van der Waals surface area contributed by atoms with Gasteiger partial charge in [-0.15, -0.1) is 0 Å². The van der Waals surface area contributed by atoms with Crippen molar-refractivity contribution in [3.63, 3.8) is 0 Å². The molecule has 0 bridgehead atoms. The average Bonchev–Trinajstić information content (AvgIpc) is 3.25. The summed E-state index contributed by atoms with van der Waals surface area (Å²) in [5.41, 5.74) is 3.21. The Hall–Kier alpha value is -1.26. The number of benzene rings is 1. The molecule has 0 aromatic heterocycles. The number of nitrogens with zero attached hydrogens (tertiary/aromatic N) is 2. The smallest absolute Gasteiger partial charge is 0.246 e. The van der Waals surface area contributed by atoms with Crippen molar-refractivity contribution in [2.75, 3.05) is 29.9 Å². The van der Waals surface area contributed by atoms with Gasteiger partial charge in [-0.2, -0.15) is 0 Å². The molecule has 1 fully saturated rings. The van der Waals surface area contributed by atoms with Gasteiger partial charge in [0.2, 0.25) is 5.91 Å². The average molecular weight is 306 g/mol. The lowest BCUT2D eigenvalue weighted by Crippen LogP contribution is -2.46. The van der Waals surface area contributed by atoms with Crippen LogP contribution in [-0.4, -0.2) is 36.5 Å². The Balaban J connectivity index is 1.76. The second-order valence-corrected chi connectivity index (χ2v) is 6.98. The molecule has 2 aliphatic heterocycles. The molecular weight excluding hydrogens is 286 g/mol. The highest BCUT2D eigenvalue weighted by atomic mass is 35.5. The number of hydrogen-bond acceptors (Lipinski definition) is 3. The molecule has 4 nitrogen and oxygen atoms in total. The van der Waals surface area contributed by atoms with Crippen LogP contribution in [0.5, 0.6) is 0 Å². The fourth-order valence-corrected chi connectivity index (χ4v) is 3.69. The zero-order valence-electron chi connectivity index (χ0n) is 12.2. The fourth-order valence-electron chi connectivity index (χ4n) is 3.44. The largest absolute Gasteiger partial charge is 0.374 e. The summed E-state index contributed by atoms with van der Waals surface area (Å²) in [6.45, 7) is 5.38. The molecule has 1 unspecified atom stereocenters. The molecule has 112 valence electrons. The monoisotopic (exact) mass is 305 g/mol. The molecule has 1 saturated carbocycles. The van der Waals surface area contributed by atoms with Crippen molar-refractivity contribution in [3.05, 3.63) is 22.7 Å². The molecule has 1 amide bonds. The van der Waals surface area contributed by atoms with Crippen molar-refractivity contribution in [2.45, 2.75) is 32.4 Å². The summed E-state index contributed by atoms with van der Waals surface area (Å²) in [4.78, 5) is 16.8. The molecule has 1 aromatic rings. The van der Waals surface area contributed by atoms with Gasteiger partial charge in [0, 0.05) is 30.7 Å². The Morgan fingerprint density at radius 2 is 2.19 bits per heavy atom. The number of hydrogen-bond donors (Lipinski definition) is 1. The first kappa shape index (κ1) is 13.4. The minimum atomic E-state index is 0.159. The summed E-state index contributed by atoms with van der Waals surface area (Å²) in [5, 5.41) is 3.95. The van der Waals surface area contributed by atoms with Crippen molar-refractivity contribution in [1.29, 1.82) is 0 Å². The Bertz CT molecular complexity index is 599. The topological polar surface area (TPSA) is 35.6 Å². The van der Waals surface area contributed by atoms with E-state index in [9.17, 15) is 4.79 Å². The zero-order valence-corrected chi connectivity index (χ0v) is 13.0. The maximum atomic E-state index is 12.3. The summed E-state index contributed by atoms with van der Waals surface area (Å²) in [7, 11) is 0. The number of carbonyl (C=O) groups is 1. The number of nitrogens with one attached hydrogen (secondary N) is 1. The fraction of sp³-hybridized carbons (Fsp3) is 0.562. The lowest BCUT2D eigenvalue weighted by molar-refractivity contribution is -0.117. The van der Waals surface area contributed by atoms with Crippen LogP contribution in [0.3, 0.4) is 0 Å². The van der Waals surface area contributed by atoms with E-state index in [2.05, 4.69) is 17.1 Å². The first-order valence-corrected chi connectivity index (χ1v) is 8.10. The van der Waals surface area contributed by atoms with Gasteiger partial charge < -0.3 is 10.2 Å². The van der Waals surface area contributed by atoms with Gasteiger partial charge in [0.15, 0.2) is 0 Å². The quantitative estimate of drug-likeness (QED) is 0.912. The third kappa shape index (κ3) is 2.40. The maximum absolute atomic E-state index is 12.3. The van der Waals surface area contributed by atoms with Gasteiger partial charge in [-0.1, -0.05) is 11.6 Å². The second kappa shape index (κ2) is 4.89. The van der Waals surface area contributed by atoms with Crippen LogP contribution in [0, 0.1) is 5.92 Å². The lowest BCUT2D eigenvalue weighted by atomic mass is 10.1. The number of amides is 1. The number of rotatable bonds is 2. The van der Waals surface area contributed by atoms with Crippen LogP contribution in [0.15, 0.2) is 12.1 Å². The Morgan fingerprint density at radius 1 is 1.38 bits per heavy atom. The van der Waals surface area contributed by atoms with Crippen LogP contribution in [0.25, 0.3) is 0 Å². The Kier molecular flexibility index (Phi) is 3.12. The van der Waals surface area contributed by atoms with Crippen LogP contribution in [0.4, 0.5) is 11.4 Å². The summed E-state index contributed by atoms with van der Waals surface area (Å²) >= 11 is 6.26. The van der Waals surface area contributed by atoms with E-state index < -0.39 is 0 Å². The summed E-state index contributed by atoms with van der Waals surface area (Å²) in [6.07, 6.45) is 2.70. The third-order valence-electron chi connectivity index (χ3n) is 4.79. The molecule has 1 atom stereocenters. The summed E-state index contributed by atoms with van der Waals surface area (Å²) in [5.74, 6) is 1.01. The van der Waals surface area contributed by atoms with Gasteiger partial charge >= 0.3 is 0 Å². The van der Waals surface area contributed by atoms with Gasteiger partial charge in [-0.3, -0.25) is 9.69 Å². The van der Waals surface area contributed by atoms with E-state index in [1.807, 2.05) is 17.0 Å². The zero-order chi connectivity index (χ0) is 14.6. The molecule has 3 aliphatic rings. The van der Waals surface area contributed by atoms with E-state index in [0.29, 0.717) is 12.6 Å². The molecule has 1 aromatic carbocycles. The van der Waals surface area contributed by atoms with E-state index in [1.54, 1.807) is 0 Å². The lowest BCUT2D eigenvalue weighted by Gasteiger charge is -2.32. The van der Waals surface area contributed by atoms with Crippen LogP contribution in [-0.2, 0) is 11.3 Å². The second-order valence-electron chi connectivity index (χ2n) is 6.54. The predicted octanol–water partition coefficient (Wildman–Crippen LogP) is 2.71. The van der Waals surface area contributed by atoms with Crippen molar-refractivity contribution in [2.24, 2.45) is 5.92 Å². The number of carbonyl (C=O) groups excluding carboxylic acids is 1. The molecule has 5 heteroatoms. The van der Waals surface area contributed by atoms with Crippen molar-refractivity contribution in [1.82, 2.24) is 4.90 Å². The normalized spacial score (nSPS) is 25.3. The van der Waals surface area contributed by atoms with E-state index in [1.165, 1.54) is 18.4 Å². The molecule has 4 rings (SSSR count). The molecule has 21 heavy (non-hydrogen) atoms. The molecule has 1 N–H and O–H groups in total. The van der Waals surface area contributed by atoms with E-state index >= 15 is 0 Å². The highest BCUT2D eigenvalue weighted by molar-refractivity contribution is 6.31. The first-order chi connectivity index (χ1) is 10.1. The first-order valence-electron chi connectivity index (χ1n) is 7.72. The highest BCUT2D eigenvalue weighted by Crippen LogP contribution is 2.40. The maximum Gasteiger partial charge on any atom is 0.246 e. The molecule has 1 aliphatic carbocycles. The van der Waals surface area contributed by atoms with Crippen molar-refractivity contribution >= 4 is 28.9 Å². The standard InChI is InChI=1S/C16H20ClN3O/c1-10-7-20-15(21)6-18-14-5-13(17)4-12(16(14)20)9-19(10)8-11-2-3-11/h4-5,10-11,18H,2-3,6-9H2,1H3. The summed E-state index contributed by atoms with van der Waals surface area (Å²) in [6, 6.07) is 4.33. The van der Waals surface area contributed by atoms with Crippen LogP contribution >= 0.6 is 11.6 Å². The number of anilines is 2. The van der Waals surface area contributed by atoms with Crippen LogP contribution in [0.1, 0.15) is 25.3 Å². The van der Waals surface area contributed by atoms with Crippen LogP contribution in [0.2, 0.25) is 5.02 Å². The van der Waals surface area contributed by atoms with E-state index in [0.717, 1.165) is 41.9 Å². The minimum absolute atomic E-state index is 0.159. The molecule has 2 heterocycles. The highest BCUT2D eigenvalue weighted by Gasteiger charge is 2.35. The van der Waals surface area contributed by atoms with Gasteiger partial charge in [0.1, 0.15) is 0 Å². The Labute approximate surface area is 130 Å². The van der Waals surface area contributed by atoms with Gasteiger partial charge in [-0.05, 0) is 43.4 Å². The van der Waals surface area contributed by atoms with E-state index in [-0.39, 0.29) is 5.91 Å². The molecular formula is C16H20ClN3O. The minimum Gasteiger partial charge on any atom is -0.374 e. The van der Waals surface area contributed by atoms with Gasteiger partial charge in [0.05, 0.1) is 17.9 Å². The van der Waals surface area contributed by atoms with Crippen LogP contribution < -0.4 is 10.2 Å². The molecule has 0 radical (unpaired) electrons. The number of halogens is 1. The van der Waals surface area contributed by atoms with E-state index in [4.69, 9.17) is 11.6 Å².